The molecule has 25 heavy (non-hydrogen) atoms. The smallest absolute Gasteiger partial charge is 0.273 e. The lowest BCUT2D eigenvalue weighted by Crippen LogP contribution is -2.53. The minimum Gasteiger partial charge on any atom is -0.349 e. The van der Waals surface area contributed by atoms with Crippen LogP contribution in [0.5, 0.6) is 0 Å². The fraction of sp³-hybridized carbons (Fsp3) is 0.824. The molecular weight excluding hydrogens is 340 g/mol. The first-order valence-corrected chi connectivity index (χ1v) is 9.19. The van der Waals surface area contributed by atoms with Crippen molar-refractivity contribution in [1.29, 1.82) is 0 Å². The summed E-state index contributed by atoms with van der Waals surface area (Å²) in [5.74, 6) is -0.109. The third-order valence-corrected chi connectivity index (χ3v) is 5.74. The van der Waals surface area contributed by atoms with Gasteiger partial charge < -0.3 is 15.5 Å². The number of nitrogens with one attached hydrogen (secondary N) is 2. The molecule has 0 radical (unpaired) electrons. The summed E-state index contributed by atoms with van der Waals surface area (Å²) in [6.45, 7) is 2.67. The van der Waals surface area contributed by atoms with Gasteiger partial charge in [-0.2, -0.15) is 0 Å². The van der Waals surface area contributed by atoms with Crippen LogP contribution in [0.25, 0.3) is 0 Å². The average molecular weight is 371 g/mol. The highest BCUT2D eigenvalue weighted by Crippen LogP contribution is 2.31. The van der Waals surface area contributed by atoms with E-state index in [0.717, 1.165) is 38.8 Å². The molecule has 8 heteroatoms. The number of carbonyl (C=O) groups excluding carboxylic acids is 1. The molecule has 2 N–H and O–H groups in total. The maximum atomic E-state index is 12.5. The number of carbonyl (C=O) groups is 1. The Morgan fingerprint density at radius 3 is 2.64 bits per heavy atom. The van der Waals surface area contributed by atoms with Crippen molar-refractivity contribution in [1.82, 2.24) is 30.5 Å². The fourth-order valence-electron chi connectivity index (χ4n) is 3.96. The molecule has 2 heterocycles. The van der Waals surface area contributed by atoms with Crippen LogP contribution >= 0.6 is 12.4 Å². The summed E-state index contributed by atoms with van der Waals surface area (Å²) in [6.07, 6.45) is 9.93. The molecule has 3 rings (SSSR count). The van der Waals surface area contributed by atoms with Crippen molar-refractivity contribution in [3.05, 3.63) is 11.9 Å². The number of likely N-dealkylation sites (N-methyl/N-ethyl adjacent to an activating group) is 1. The summed E-state index contributed by atoms with van der Waals surface area (Å²) in [5.41, 5.74) is 0.511. The summed E-state index contributed by atoms with van der Waals surface area (Å²) in [6, 6.07) is 0.353. The zero-order valence-corrected chi connectivity index (χ0v) is 16.1. The van der Waals surface area contributed by atoms with E-state index in [1.165, 1.54) is 19.3 Å². The Hall–Kier alpha value is -1.18. The largest absolute Gasteiger partial charge is 0.349 e. The monoisotopic (exact) mass is 370 g/mol. The zero-order chi connectivity index (χ0) is 17.0. The van der Waals surface area contributed by atoms with Gasteiger partial charge in [0.1, 0.15) is 0 Å². The van der Waals surface area contributed by atoms with E-state index >= 15 is 0 Å². The lowest BCUT2D eigenvalue weighted by molar-refractivity contribution is 0.0796. The summed E-state index contributed by atoms with van der Waals surface area (Å²) >= 11 is 0. The maximum Gasteiger partial charge on any atom is 0.273 e. The number of hydrogen-bond donors (Lipinski definition) is 2. The second kappa shape index (κ2) is 8.96. The zero-order valence-electron chi connectivity index (χ0n) is 15.3. The first-order valence-electron chi connectivity index (χ1n) is 9.19. The van der Waals surface area contributed by atoms with Crippen molar-refractivity contribution >= 4 is 18.3 Å². The second-order valence-corrected chi connectivity index (χ2v) is 7.43. The number of piperidine rings is 1. The quantitative estimate of drug-likeness (QED) is 0.823. The normalized spacial score (nSPS) is 20.9. The lowest BCUT2D eigenvalue weighted by atomic mass is 9.80. The molecular formula is C17H31ClN6O. The van der Waals surface area contributed by atoms with Gasteiger partial charge in [0.2, 0.25) is 0 Å². The molecule has 1 amide bonds. The van der Waals surface area contributed by atoms with Gasteiger partial charge in [-0.1, -0.05) is 24.5 Å². The third-order valence-electron chi connectivity index (χ3n) is 5.74. The molecule has 1 aliphatic carbocycles. The van der Waals surface area contributed by atoms with E-state index in [-0.39, 0.29) is 23.9 Å². The van der Waals surface area contributed by atoms with Crippen LogP contribution in [-0.4, -0.2) is 65.1 Å². The van der Waals surface area contributed by atoms with Crippen LogP contribution in [0.3, 0.4) is 0 Å². The van der Waals surface area contributed by atoms with Crippen molar-refractivity contribution in [2.24, 2.45) is 0 Å². The summed E-state index contributed by atoms with van der Waals surface area (Å²) in [7, 11) is 4.23. The Morgan fingerprint density at radius 1 is 1.32 bits per heavy atom. The first kappa shape index (κ1) is 20.1. The average Bonchev–Trinajstić information content (AvgIpc) is 3.11. The predicted molar refractivity (Wildman–Crippen MR) is 100 cm³/mol. The summed E-state index contributed by atoms with van der Waals surface area (Å²) in [4.78, 5) is 14.8. The van der Waals surface area contributed by atoms with Crippen molar-refractivity contribution in [2.45, 2.75) is 56.5 Å². The lowest BCUT2D eigenvalue weighted by Gasteiger charge is -2.43. The molecule has 1 aromatic rings. The van der Waals surface area contributed by atoms with E-state index in [4.69, 9.17) is 0 Å². The Kier molecular flexibility index (Phi) is 7.22. The maximum absolute atomic E-state index is 12.5. The minimum atomic E-state index is -0.109. The van der Waals surface area contributed by atoms with Crippen LogP contribution in [0, 0.1) is 0 Å². The minimum absolute atomic E-state index is 0. The fourth-order valence-corrected chi connectivity index (χ4v) is 3.96. The first-order chi connectivity index (χ1) is 11.6. The molecule has 1 saturated carbocycles. The number of rotatable bonds is 5. The highest BCUT2D eigenvalue weighted by molar-refractivity contribution is 5.91. The number of nitrogens with zero attached hydrogens (tertiary/aromatic N) is 4. The van der Waals surface area contributed by atoms with Crippen molar-refractivity contribution in [2.75, 3.05) is 33.7 Å². The predicted octanol–water partition coefficient (Wildman–Crippen LogP) is 1.62. The topological polar surface area (TPSA) is 75.1 Å². The molecule has 7 nitrogen and oxygen atoms in total. The summed E-state index contributed by atoms with van der Waals surface area (Å²) in [5, 5.41) is 14.7. The molecule has 1 saturated heterocycles. The van der Waals surface area contributed by atoms with E-state index in [1.807, 2.05) is 4.68 Å². The van der Waals surface area contributed by atoms with Gasteiger partial charge in [-0.3, -0.25) is 4.79 Å². The van der Waals surface area contributed by atoms with Gasteiger partial charge in [0.15, 0.2) is 5.69 Å². The standard InChI is InChI=1S/C17H30N6O.ClH/c1-22(2)17(8-4-3-5-9-17)13-19-16(24)15-12-23(21-20-15)14-6-10-18-11-7-14;/h12,14,18H,3-11,13H2,1-2H3,(H,19,24);1H. The van der Waals surface area contributed by atoms with Gasteiger partial charge >= 0.3 is 0 Å². The van der Waals surface area contributed by atoms with Gasteiger partial charge in [-0.25, -0.2) is 4.68 Å². The van der Waals surface area contributed by atoms with Crippen LogP contribution < -0.4 is 10.6 Å². The summed E-state index contributed by atoms with van der Waals surface area (Å²) < 4.78 is 1.86. The Morgan fingerprint density at radius 2 is 2.00 bits per heavy atom. The number of hydrogen-bond acceptors (Lipinski definition) is 5. The molecule has 0 atom stereocenters. The van der Waals surface area contributed by atoms with Crippen molar-refractivity contribution in [3.8, 4) is 0 Å². The van der Waals surface area contributed by atoms with Crippen molar-refractivity contribution < 1.29 is 4.79 Å². The van der Waals surface area contributed by atoms with Gasteiger partial charge in [0.25, 0.3) is 5.91 Å². The van der Waals surface area contributed by atoms with Crippen LogP contribution in [-0.2, 0) is 0 Å². The third kappa shape index (κ3) is 4.71. The van der Waals surface area contributed by atoms with Gasteiger partial charge in [-0.05, 0) is 52.9 Å². The van der Waals surface area contributed by atoms with Gasteiger partial charge in [0.05, 0.1) is 12.2 Å². The molecule has 0 bridgehead atoms. The molecule has 0 unspecified atom stereocenters. The Bertz CT molecular complexity index is 549. The van der Waals surface area contributed by atoms with Crippen LogP contribution in [0.4, 0.5) is 0 Å². The van der Waals surface area contributed by atoms with E-state index < -0.39 is 0 Å². The van der Waals surface area contributed by atoms with E-state index in [0.29, 0.717) is 18.3 Å². The number of aromatic nitrogens is 3. The Balaban J connectivity index is 0.00000225. The van der Waals surface area contributed by atoms with E-state index in [9.17, 15) is 4.79 Å². The molecule has 0 aromatic carbocycles. The number of halogens is 1. The highest BCUT2D eigenvalue weighted by Gasteiger charge is 2.34. The Labute approximate surface area is 156 Å². The number of amides is 1. The van der Waals surface area contributed by atoms with Crippen molar-refractivity contribution in [3.63, 3.8) is 0 Å². The van der Waals surface area contributed by atoms with E-state index in [1.54, 1.807) is 6.20 Å². The van der Waals surface area contributed by atoms with Crippen LogP contribution in [0.1, 0.15) is 61.5 Å². The highest BCUT2D eigenvalue weighted by atomic mass is 35.5. The molecule has 1 aliphatic heterocycles. The molecule has 142 valence electrons. The van der Waals surface area contributed by atoms with Crippen LogP contribution in [0.15, 0.2) is 6.20 Å². The van der Waals surface area contributed by atoms with Crippen LogP contribution in [0.2, 0.25) is 0 Å². The van der Waals surface area contributed by atoms with Gasteiger partial charge in [-0.15, -0.1) is 17.5 Å². The van der Waals surface area contributed by atoms with Gasteiger partial charge in [0, 0.05) is 12.1 Å². The second-order valence-electron chi connectivity index (χ2n) is 7.43. The molecule has 0 spiro atoms. The molecule has 2 aliphatic rings. The molecule has 2 fully saturated rings. The molecule has 1 aromatic heterocycles. The van der Waals surface area contributed by atoms with E-state index in [2.05, 4.69) is 39.9 Å². The SMILES string of the molecule is CN(C)C1(CNC(=O)c2cn(C3CCNCC3)nn2)CCCCC1.Cl.